The topological polar surface area (TPSA) is 151 Å². The van der Waals surface area contributed by atoms with Crippen molar-refractivity contribution in [3.63, 3.8) is 0 Å². The van der Waals surface area contributed by atoms with Crippen LogP contribution in [0, 0.1) is 6.92 Å². The van der Waals surface area contributed by atoms with E-state index in [4.69, 9.17) is 14.6 Å². The fraction of sp³-hybridized carbons (Fsp3) is 0.440. The summed E-state index contributed by atoms with van der Waals surface area (Å²) in [5.74, 6) is -1.12. The van der Waals surface area contributed by atoms with Gasteiger partial charge in [0.25, 0.3) is 5.91 Å². The van der Waals surface area contributed by atoms with Crippen molar-refractivity contribution in [2.75, 3.05) is 39.9 Å². The van der Waals surface area contributed by atoms with Gasteiger partial charge in [-0.15, -0.1) is 0 Å². The number of methoxy groups -OCH3 is 1. The third kappa shape index (κ3) is 7.38. The summed E-state index contributed by atoms with van der Waals surface area (Å²) in [4.78, 5) is 61.3. The number of aromatic nitrogens is 2. The lowest BCUT2D eigenvalue weighted by atomic mass is 10.1. The van der Waals surface area contributed by atoms with E-state index >= 15 is 0 Å². The van der Waals surface area contributed by atoms with Crippen LogP contribution in [0.3, 0.4) is 0 Å². The Morgan fingerprint density at radius 3 is 2.30 bits per heavy atom. The van der Waals surface area contributed by atoms with Crippen molar-refractivity contribution in [3.8, 4) is 17.1 Å². The number of hydrogen-bond acceptors (Lipinski definition) is 8. The normalized spacial score (nSPS) is 14.0. The minimum absolute atomic E-state index is 0.0542. The first kappa shape index (κ1) is 27.4. The van der Waals surface area contributed by atoms with Gasteiger partial charge in [-0.3, -0.25) is 14.4 Å². The van der Waals surface area contributed by atoms with Gasteiger partial charge in [0.15, 0.2) is 5.82 Å². The zero-order chi connectivity index (χ0) is 26.9. The van der Waals surface area contributed by atoms with Crippen LogP contribution in [0.1, 0.15) is 35.9 Å². The van der Waals surface area contributed by atoms with Crippen molar-refractivity contribution >= 4 is 23.9 Å². The number of aryl methyl sites for hydroxylation is 1. The summed E-state index contributed by atoms with van der Waals surface area (Å²) >= 11 is 0. The number of carboxylic acid groups (broad SMARTS) is 1. The van der Waals surface area contributed by atoms with Gasteiger partial charge in [-0.2, -0.15) is 0 Å². The SMILES string of the molecule is CCOC(=O)N1CCN(C(=O)C(CCC(=O)O)NC(=O)c2cc(C)nc(-c3ccc(OC)cc3)n2)CC1. The van der Waals surface area contributed by atoms with Gasteiger partial charge in [-0.25, -0.2) is 14.8 Å². The second-order valence-corrected chi connectivity index (χ2v) is 8.42. The molecule has 0 radical (unpaired) electrons. The van der Waals surface area contributed by atoms with Crippen molar-refractivity contribution in [1.82, 2.24) is 25.1 Å². The van der Waals surface area contributed by atoms with E-state index in [1.165, 1.54) is 15.9 Å². The van der Waals surface area contributed by atoms with Crippen LogP contribution in [0.2, 0.25) is 0 Å². The van der Waals surface area contributed by atoms with E-state index in [2.05, 4.69) is 15.3 Å². The van der Waals surface area contributed by atoms with Gasteiger partial charge in [0.05, 0.1) is 13.7 Å². The first-order chi connectivity index (χ1) is 17.7. The Hall–Kier alpha value is -4.22. The summed E-state index contributed by atoms with van der Waals surface area (Å²) in [6.45, 7) is 4.73. The Morgan fingerprint density at radius 2 is 1.70 bits per heavy atom. The Morgan fingerprint density at radius 1 is 1.05 bits per heavy atom. The lowest BCUT2D eigenvalue weighted by Gasteiger charge is -2.35. The summed E-state index contributed by atoms with van der Waals surface area (Å²) < 4.78 is 10.2. The molecule has 0 spiro atoms. The number of rotatable bonds is 9. The zero-order valence-corrected chi connectivity index (χ0v) is 21.1. The minimum atomic E-state index is -1.08. The van der Waals surface area contributed by atoms with Gasteiger partial charge in [0, 0.05) is 43.9 Å². The van der Waals surface area contributed by atoms with Crippen LogP contribution in [0.25, 0.3) is 11.4 Å². The molecule has 3 rings (SSSR count). The summed E-state index contributed by atoms with van der Waals surface area (Å²) in [6.07, 6.45) is -0.843. The average molecular weight is 514 g/mol. The predicted molar refractivity (Wildman–Crippen MR) is 132 cm³/mol. The van der Waals surface area contributed by atoms with Gasteiger partial charge in [-0.05, 0) is 50.6 Å². The van der Waals surface area contributed by atoms with Crippen molar-refractivity contribution in [3.05, 3.63) is 41.7 Å². The summed E-state index contributed by atoms with van der Waals surface area (Å²) in [6, 6.07) is 7.47. The Labute approximate surface area is 214 Å². The van der Waals surface area contributed by atoms with Crippen molar-refractivity contribution < 1.29 is 33.8 Å². The third-order valence-electron chi connectivity index (χ3n) is 5.80. The smallest absolute Gasteiger partial charge is 0.409 e. The number of carbonyl (C=O) groups excluding carboxylic acids is 3. The van der Waals surface area contributed by atoms with Crippen LogP contribution in [0.4, 0.5) is 4.79 Å². The molecular weight excluding hydrogens is 482 g/mol. The van der Waals surface area contributed by atoms with Crippen molar-refractivity contribution in [1.29, 1.82) is 0 Å². The van der Waals surface area contributed by atoms with Crippen molar-refractivity contribution in [2.24, 2.45) is 0 Å². The molecule has 1 aliphatic heterocycles. The van der Waals surface area contributed by atoms with Gasteiger partial charge < -0.3 is 29.7 Å². The molecule has 12 heteroatoms. The highest BCUT2D eigenvalue weighted by Crippen LogP contribution is 2.20. The number of carbonyl (C=O) groups is 4. The molecule has 1 saturated heterocycles. The van der Waals surface area contributed by atoms with E-state index in [0.29, 0.717) is 22.8 Å². The molecule has 2 aromatic rings. The van der Waals surface area contributed by atoms with Crippen LogP contribution >= 0.6 is 0 Å². The van der Waals surface area contributed by atoms with Crippen molar-refractivity contribution in [2.45, 2.75) is 32.7 Å². The maximum Gasteiger partial charge on any atom is 0.409 e. The number of carboxylic acids is 1. The molecule has 1 atom stereocenters. The number of ether oxygens (including phenoxy) is 2. The first-order valence-corrected chi connectivity index (χ1v) is 11.9. The number of hydrogen-bond donors (Lipinski definition) is 2. The molecule has 3 amide bonds. The van der Waals surface area contributed by atoms with Crippen LogP contribution in [-0.2, 0) is 14.3 Å². The molecule has 1 aromatic heterocycles. The Balaban J connectivity index is 1.74. The first-order valence-electron chi connectivity index (χ1n) is 11.9. The molecule has 0 bridgehead atoms. The van der Waals surface area contributed by atoms with Gasteiger partial charge >= 0.3 is 12.1 Å². The fourth-order valence-corrected chi connectivity index (χ4v) is 3.86. The average Bonchev–Trinajstić information content (AvgIpc) is 2.90. The Kier molecular flexibility index (Phi) is 9.36. The maximum atomic E-state index is 13.2. The lowest BCUT2D eigenvalue weighted by Crippen LogP contribution is -2.56. The number of piperazine rings is 1. The molecular formula is C25H31N5O7. The fourth-order valence-electron chi connectivity index (χ4n) is 3.86. The molecule has 1 aromatic carbocycles. The molecule has 2 N–H and O–H groups in total. The van der Waals surface area contributed by atoms with Crippen LogP contribution in [0.5, 0.6) is 5.75 Å². The number of amides is 3. The summed E-state index contributed by atoms with van der Waals surface area (Å²) in [5.41, 5.74) is 1.28. The van der Waals surface area contributed by atoms with Gasteiger partial charge in [0.1, 0.15) is 17.5 Å². The van der Waals surface area contributed by atoms with E-state index in [1.54, 1.807) is 45.2 Å². The monoisotopic (exact) mass is 513 g/mol. The number of benzene rings is 1. The zero-order valence-electron chi connectivity index (χ0n) is 21.1. The van der Waals surface area contributed by atoms with E-state index in [0.717, 1.165) is 0 Å². The molecule has 1 aliphatic rings. The van der Waals surface area contributed by atoms with Crippen LogP contribution in [0.15, 0.2) is 30.3 Å². The van der Waals surface area contributed by atoms with E-state index in [9.17, 15) is 19.2 Å². The molecule has 37 heavy (non-hydrogen) atoms. The molecule has 1 fully saturated rings. The number of aliphatic carboxylic acids is 1. The van der Waals surface area contributed by atoms with Crippen LogP contribution < -0.4 is 10.1 Å². The van der Waals surface area contributed by atoms with Gasteiger partial charge in [-0.1, -0.05) is 0 Å². The minimum Gasteiger partial charge on any atom is -0.497 e. The van der Waals surface area contributed by atoms with E-state index in [1.807, 2.05) is 0 Å². The Bertz CT molecular complexity index is 1130. The second-order valence-electron chi connectivity index (χ2n) is 8.42. The highest BCUT2D eigenvalue weighted by atomic mass is 16.6. The standard InChI is InChI=1S/C25H31N5O7/c1-4-37-25(35)30-13-11-29(12-14-30)24(34)19(9-10-21(31)32)28-23(33)20-15-16(2)26-22(27-20)17-5-7-18(36-3)8-6-17/h5-8,15,19H,4,9-14H2,1-3H3,(H,28,33)(H,31,32). The summed E-state index contributed by atoms with van der Waals surface area (Å²) in [7, 11) is 1.56. The second kappa shape index (κ2) is 12.7. The molecule has 0 aliphatic carbocycles. The molecule has 12 nitrogen and oxygen atoms in total. The largest absolute Gasteiger partial charge is 0.497 e. The molecule has 0 saturated carbocycles. The quantitative estimate of drug-likeness (QED) is 0.511. The number of nitrogens with one attached hydrogen (secondary N) is 1. The highest BCUT2D eigenvalue weighted by molar-refractivity contribution is 5.96. The third-order valence-corrected chi connectivity index (χ3v) is 5.80. The molecule has 198 valence electrons. The highest BCUT2D eigenvalue weighted by Gasteiger charge is 2.31. The van der Waals surface area contributed by atoms with E-state index in [-0.39, 0.29) is 51.3 Å². The molecule has 2 heterocycles. The molecule has 1 unspecified atom stereocenters. The summed E-state index contributed by atoms with van der Waals surface area (Å²) in [5, 5.41) is 11.8. The van der Waals surface area contributed by atoms with E-state index < -0.39 is 29.9 Å². The maximum absolute atomic E-state index is 13.2. The lowest BCUT2D eigenvalue weighted by molar-refractivity contribution is -0.138. The predicted octanol–water partition coefficient (Wildman–Crippen LogP) is 1.72. The number of nitrogens with zero attached hydrogens (tertiary/aromatic N) is 4. The van der Waals surface area contributed by atoms with Gasteiger partial charge in [0.2, 0.25) is 5.91 Å². The van der Waals surface area contributed by atoms with Crippen LogP contribution in [-0.4, -0.2) is 94.7 Å².